The van der Waals surface area contributed by atoms with Crippen LogP contribution in [0.5, 0.6) is 0 Å². The van der Waals surface area contributed by atoms with Crippen LogP contribution >= 0.6 is 0 Å². The lowest BCUT2D eigenvalue weighted by atomic mass is 10.1. The number of carbonyl (C=O) groups excluding carboxylic acids is 1. The summed E-state index contributed by atoms with van der Waals surface area (Å²) in [6.07, 6.45) is 0.824. The summed E-state index contributed by atoms with van der Waals surface area (Å²) < 4.78 is 0. The van der Waals surface area contributed by atoms with Gasteiger partial charge in [0.25, 0.3) is 5.91 Å². The zero-order valence-electron chi connectivity index (χ0n) is 7.79. The van der Waals surface area contributed by atoms with Crippen molar-refractivity contribution in [3.63, 3.8) is 0 Å². The summed E-state index contributed by atoms with van der Waals surface area (Å²) >= 11 is 0. The van der Waals surface area contributed by atoms with Crippen molar-refractivity contribution in [1.29, 1.82) is 0 Å². The molecule has 0 aromatic rings. The molecule has 12 heavy (non-hydrogen) atoms. The fraction of sp³-hybridized carbons (Fsp3) is 0.889. The third-order valence-corrected chi connectivity index (χ3v) is 2.09. The molecule has 0 bridgehead atoms. The van der Waals surface area contributed by atoms with Crippen LogP contribution in [-0.4, -0.2) is 35.1 Å². The van der Waals surface area contributed by atoms with Crippen LogP contribution in [0.4, 0.5) is 0 Å². The van der Waals surface area contributed by atoms with Gasteiger partial charge in [0.1, 0.15) is 6.10 Å². The maximum absolute atomic E-state index is 11.3. The first-order valence-electron chi connectivity index (χ1n) is 4.58. The fourth-order valence-corrected chi connectivity index (χ4v) is 1.54. The minimum Gasteiger partial charge on any atom is -0.383 e. The second kappa shape index (κ2) is 3.90. The first-order valence-corrected chi connectivity index (χ1v) is 4.58. The molecular formula is C9H17NO2. The molecule has 0 aromatic heterocycles. The summed E-state index contributed by atoms with van der Waals surface area (Å²) in [6.45, 7) is 5.74. The molecular weight excluding hydrogens is 154 g/mol. The minimum atomic E-state index is -0.738. The van der Waals surface area contributed by atoms with Crippen LogP contribution in [0.25, 0.3) is 0 Å². The average Bonchev–Trinajstić information content (AvgIpc) is 1.98. The molecule has 1 rings (SSSR count). The summed E-state index contributed by atoms with van der Waals surface area (Å²) in [5.74, 6) is 0.397. The molecule has 3 nitrogen and oxygen atoms in total. The SMILES string of the molecule is CC(C)CN1CCCC(O)C1=O. The van der Waals surface area contributed by atoms with E-state index < -0.39 is 6.10 Å². The van der Waals surface area contributed by atoms with Crippen LogP contribution < -0.4 is 0 Å². The third-order valence-electron chi connectivity index (χ3n) is 2.09. The van der Waals surface area contributed by atoms with Crippen LogP contribution in [0.15, 0.2) is 0 Å². The summed E-state index contributed by atoms with van der Waals surface area (Å²) in [5, 5.41) is 9.27. The highest BCUT2D eigenvalue weighted by Gasteiger charge is 2.26. The van der Waals surface area contributed by atoms with Gasteiger partial charge in [-0.15, -0.1) is 0 Å². The highest BCUT2D eigenvalue weighted by Crippen LogP contribution is 2.12. The molecule has 1 heterocycles. The van der Waals surface area contributed by atoms with Crippen molar-refractivity contribution in [3.8, 4) is 0 Å². The van der Waals surface area contributed by atoms with Gasteiger partial charge in [0.05, 0.1) is 0 Å². The molecule has 3 heteroatoms. The molecule has 0 aromatic carbocycles. The molecule has 1 atom stereocenters. The molecule has 1 aliphatic heterocycles. The Morgan fingerprint density at radius 1 is 1.67 bits per heavy atom. The second-order valence-electron chi connectivity index (χ2n) is 3.84. The fourth-order valence-electron chi connectivity index (χ4n) is 1.54. The number of amides is 1. The van der Waals surface area contributed by atoms with Gasteiger partial charge in [-0.2, -0.15) is 0 Å². The van der Waals surface area contributed by atoms with Gasteiger partial charge in [-0.3, -0.25) is 4.79 Å². The van der Waals surface area contributed by atoms with E-state index in [0.29, 0.717) is 12.3 Å². The number of aliphatic hydroxyl groups is 1. The van der Waals surface area contributed by atoms with E-state index in [2.05, 4.69) is 13.8 Å². The number of likely N-dealkylation sites (tertiary alicyclic amines) is 1. The molecule has 0 aliphatic carbocycles. The van der Waals surface area contributed by atoms with Gasteiger partial charge in [0.15, 0.2) is 0 Å². The molecule has 1 unspecified atom stereocenters. The molecule has 1 aliphatic rings. The maximum Gasteiger partial charge on any atom is 0.251 e. The van der Waals surface area contributed by atoms with Crippen molar-refractivity contribution in [2.45, 2.75) is 32.8 Å². The first kappa shape index (κ1) is 9.52. The van der Waals surface area contributed by atoms with E-state index in [1.54, 1.807) is 4.90 Å². The summed E-state index contributed by atoms with van der Waals surface area (Å²) in [6, 6.07) is 0. The first-order chi connectivity index (χ1) is 5.61. The van der Waals surface area contributed by atoms with E-state index in [1.165, 1.54) is 0 Å². The predicted octanol–water partition coefficient (Wildman–Crippen LogP) is 0.626. The maximum atomic E-state index is 11.3. The van der Waals surface area contributed by atoms with Crippen molar-refractivity contribution in [1.82, 2.24) is 4.90 Å². The van der Waals surface area contributed by atoms with Crippen molar-refractivity contribution < 1.29 is 9.90 Å². The zero-order valence-corrected chi connectivity index (χ0v) is 7.79. The third kappa shape index (κ3) is 2.21. The Hall–Kier alpha value is -0.570. The van der Waals surface area contributed by atoms with Crippen molar-refractivity contribution in [3.05, 3.63) is 0 Å². The molecule has 70 valence electrons. The highest BCUT2D eigenvalue weighted by molar-refractivity contribution is 5.81. The highest BCUT2D eigenvalue weighted by atomic mass is 16.3. The van der Waals surface area contributed by atoms with Gasteiger partial charge in [0.2, 0.25) is 0 Å². The van der Waals surface area contributed by atoms with E-state index in [1.807, 2.05) is 0 Å². The number of nitrogens with zero attached hydrogens (tertiary/aromatic N) is 1. The number of hydrogen-bond donors (Lipinski definition) is 1. The largest absolute Gasteiger partial charge is 0.383 e. The van der Waals surface area contributed by atoms with Crippen LogP contribution in [0.2, 0.25) is 0 Å². The van der Waals surface area contributed by atoms with E-state index in [4.69, 9.17) is 0 Å². The molecule has 1 fully saturated rings. The molecule has 1 amide bonds. The molecule has 0 saturated carbocycles. The van der Waals surface area contributed by atoms with Gasteiger partial charge in [-0.25, -0.2) is 0 Å². The smallest absolute Gasteiger partial charge is 0.251 e. The number of aliphatic hydroxyl groups excluding tert-OH is 1. The Kier molecular flexibility index (Phi) is 3.09. The van der Waals surface area contributed by atoms with Gasteiger partial charge in [0, 0.05) is 13.1 Å². The second-order valence-corrected chi connectivity index (χ2v) is 3.84. The number of hydrogen-bond acceptors (Lipinski definition) is 2. The van der Waals surface area contributed by atoms with E-state index >= 15 is 0 Å². The zero-order chi connectivity index (χ0) is 9.14. The van der Waals surface area contributed by atoms with E-state index in [-0.39, 0.29) is 5.91 Å². The van der Waals surface area contributed by atoms with Crippen molar-refractivity contribution in [2.75, 3.05) is 13.1 Å². The van der Waals surface area contributed by atoms with Gasteiger partial charge < -0.3 is 10.0 Å². The van der Waals surface area contributed by atoms with Crippen molar-refractivity contribution >= 4 is 5.91 Å². The van der Waals surface area contributed by atoms with Crippen LogP contribution in [-0.2, 0) is 4.79 Å². The van der Waals surface area contributed by atoms with Gasteiger partial charge in [-0.1, -0.05) is 13.8 Å². The van der Waals surface area contributed by atoms with Gasteiger partial charge in [-0.05, 0) is 18.8 Å². The molecule has 0 spiro atoms. The standard InChI is InChI=1S/C9H17NO2/c1-7(2)6-10-5-3-4-8(11)9(10)12/h7-8,11H,3-6H2,1-2H3. The Bertz CT molecular complexity index is 168. The minimum absolute atomic E-state index is 0.0880. The Morgan fingerprint density at radius 3 is 2.92 bits per heavy atom. The van der Waals surface area contributed by atoms with Gasteiger partial charge >= 0.3 is 0 Å². The van der Waals surface area contributed by atoms with Crippen LogP contribution in [0.3, 0.4) is 0 Å². The lowest BCUT2D eigenvalue weighted by molar-refractivity contribution is -0.144. The summed E-state index contributed by atoms with van der Waals surface area (Å²) in [5.41, 5.74) is 0. The quantitative estimate of drug-likeness (QED) is 0.662. The van der Waals surface area contributed by atoms with E-state index in [0.717, 1.165) is 19.5 Å². The number of carbonyl (C=O) groups is 1. The Balaban J connectivity index is 2.46. The van der Waals surface area contributed by atoms with Crippen LogP contribution in [0.1, 0.15) is 26.7 Å². The molecule has 1 saturated heterocycles. The average molecular weight is 171 g/mol. The monoisotopic (exact) mass is 171 g/mol. The lowest BCUT2D eigenvalue weighted by Gasteiger charge is -2.30. The number of piperidine rings is 1. The normalized spacial score (nSPS) is 25.2. The molecule has 0 radical (unpaired) electrons. The topological polar surface area (TPSA) is 40.5 Å². The summed E-state index contributed by atoms with van der Waals surface area (Å²) in [4.78, 5) is 13.1. The predicted molar refractivity (Wildman–Crippen MR) is 46.7 cm³/mol. The molecule has 1 N–H and O–H groups in total. The summed E-state index contributed by atoms with van der Waals surface area (Å²) in [7, 11) is 0. The number of rotatable bonds is 2. The van der Waals surface area contributed by atoms with Crippen LogP contribution in [0, 0.1) is 5.92 Å². The van der Waals surface area contributed by atoms with E-state index in [9.17, 15) is 9.90 Å². The lowest BCUT2D eigenvalue weighted by Crippen LogP contribution is -2.45. The Labute approximate surface area is 73.4 Å². The Morgan fingerprint density at radius 2 is 2.33 bits per heavy atom. The van der Waals surface area contributed by atoms with Crippen molar-refractivity contribution in [2.24, 2.45) is 5.92 Å².